The average Bonchev–Trinajstić information content (AvgIpc) is 3.02. The molecule has 0 aliphatic carbocycles. The predicted octanol–water partition coefficient (Wildman–Crippen LogP) is 3.26. The largest absolute Gasteiger partial charge is 0.459 e. The number of hydrogen-bond donors (Lipinski definition) is 2. The summed E-state index contributed by atoms with van der Waals surface area (Å²) >= 11 is 5.17. The summed E-state index contributed by atoms with van der Waals surface area (Å²) in [5, 5.41) is 6.76. The number of aryl methyl sites for hydroxylation is 1. The minimum atomic E-state index is -0.396. The van der Waals surface area contributed by atoms with Gasteiger partial charge in [0.05, 0.1) is 17.5 Å². The van der Waals surface area contributed by atoms with Crippen molar-refractivity contribution in [3.05, 3.63) is 60.2 Å². The van der Waals surface area contributed by atoms with Crippen molar-refractivity contribution in [2.75, 3.05) is 5.32 Å². The third-order valence-corrected chi connectivity index (χ3v) is 3.28. The van der Waals surface area contributed by atoms with Crippen molar-refractivity contribution in [2.24, 2.45) is 0 Å². The van der Waals surface area contributed by atoms with Crippen LogP contribution in [0.3, 0.4) is 0 Å². The third kappa shape index (κ3) is 2.96. The molecule has 0 saturated carbocycles. The number of furan rings is 1. The summed E-state index contributed by atoms with van der Waals surface area (Å²) in [6.07, 6.45) is 1.43. The molecular weight excluding hydrogens is 298 g/mol. The first kappa shape index (κ1) is 14.2. The molecule has 0 aliphatic rings. The number of rotatable bonds is 2. The molecule has 0 atom stereocenters. The minimum absolute atomic E-state index is 0.192. The van der Waals surface area contributed by atoms with Crippen LogP contribution in [0.4, 0.5) is 5.69 Å². The van der Waals surface area contributed by atoms with E-state index < -0.39 is 5.91 Å². The van der Waals surface area contributed by atoms with Crippen molar-refractivity contribution in [2.45, 2.75) is 6.92 Å². The van der Waals surface area contributed by atoms with Gasteiger partial charge in [0, 0.05) is 11.1 Å². The van der Waals surface area contributed by atoms with E-state index in [2.05, 4.69) is 15.6 Å². The molecule has 2 aromatic heterocycles. The maximum atomic E-state index is 11.9. The van der Waals surface area contributed by atoms with Crippen molar-refractivity contribution < 1.29 is 9.21 Å². The molecule has 0 bridgehead atoms. The van der Waals surface area contributed by atoms with Gasteiger partial charge < -0.3 is 9.73 Å². The maximum absolute atomic E-state index is 11.9. The molecule has 110 valence electrons. The zero-order valence-electron chi connectivity index (χ0n) is 11.8. The van der Waals surface area contributed by atoms with Gasteiger partial charge in [0.2, 0.25) is 0 Å². The molecule has 3 aromatic rings. The molecular formula is C16H13N3O2S. The van der Waals surface area contributed by atoms with Crippen molar-refractivity contribution in [3.63, 3.8) is 0 Å². The molecule has 0 radical (unpaired) electrons. The van der Waals surface area contributed by atoms with Crippen LogP contribution in [0.2, 0.25) is 0 Å². The molecule has 0 spiro atoms. The normalized spacial score (nSPS) is 10.4. The second-order valence-corrected chi connectivity index (χ2v) is 5.12. The number of benzene rings is 1. The molecule has 0 fully saturated rings. The molecule has 0 unspecified atom stereocenters. The molecule has 0 saturated heterocycles. The summed E-state index contributed by atoms with van der Waals surface area (Å²) in [6, 6.07) is 12.9. The van der Waals surface area contributed by atoms with Crippen LogP contribution in [0.25, 0.3) is 10.9 Å². The van der Waals surface area contributed by atoms with E-state index >= 15 is 0 Å². The van der Waals surface area contributed by atoms with Crippen LogP contribution in [0.1, 0.15) is 16.2 Å². The number of carbonyl (C=O) groups excluding carboxylic acids is 1. The smallest absolute Gasteiger partial charge is 0.293 e. The maximum Gasteiger partial charge on any atom is 0.293 e. The van der Waals surface area contributed by atoms with E-state index in [1.165, 1.54) is 6.26 Å². The SMILES string of the molecule is Cc1ccc2cccc(NC(=S)NC(=O)c3ccco3)c2n1. The average molecular weight is 311 g/mol. The van der Waals surface area contributed by atoms with Gasteiger partial charge in [-0.1, -0.05) is 18.2 Å². The van der Waals surface area contributed by atoms with E-state index in [1.807, 2.05) is 37.3 Å². The number of pyridine rings is 1. The summed E-state index contributed by atoms with van der Waals surface area (Å²) in [5.74, 6) is -0.192. The Labute approximate surface area is 132 Å². The first-order valence-electron chi connectivity index (χ1n) is 6.66. The van der Waals surface area contributed by atoms with Crippen LogP contribution in [0.5, 0.6) is 0 Å². The summed E-state index contributed by atoms with van der Waals surface area (Å²) in [7, 11) is 0. The number of nitrogens with one attached hydrogen (secondary N) is 2. The Morgan fingerprint density at radius 2 is 2.05 bits per heavy atom. The lowest BCUT2D eigenvalue weighted by atomic mass is 10.2. The summed E-state index contributed by atoms with van der Waals surface area (Å²) in [4.78, 5) is 16.4. The number of nitrogens with zero attached hydrogens (tertiary/aromatic N) is 1. The zero-order valence-corrected chi connectivity index (χ0v) is 12.6. The third-order valence-electron chi connectivity index (χ3n) is 3.08. The fraction of sp³-hybridized carbons (Fsp3) is 0.0625. The van der Waals surface area contributed by atoms with E-state index in [0.29, 0.717) is 0 Å². The fourth-order valence-electron chi connectivity index (χ4n) is 2.07. The summed E-state index contributed by atoms with van der Waals surface area (Å²) in [6.45, 7) is 1.92. The van der Waals surface area contributed by atoms with E-state index in [-0.39, 0.29) is 10.9 Å². The van der Waals surface area contributed by atoms with Gasteiger partial charge in [0.15, 0.2) is 10.9 Å². The van der Waals surface area contributed by atoms with Gasteiger partial charge in [0.25, 0.3) is 5.91 Å². The van der Waals surface area contributed by atoms with Crippen molar-refractivity contribution in [3.8, 4) is 0 Å². The Hall–Kier alpha value is -2.73. The molecule has 2 heterocycles. The number of aromatic nitrogens is 1. The summed E-state index contributed by atoms with van der Waals surface area (Å²) < 4.78 is 5.02. The van der Waals surface area contributed by atoms with Crippen molar-refractivity contribution >= 4 is 39.8 Å². The van der Waals surface area contributed by atoms with Crippen LogP contribution < -0.4 is 10.6 Å². The van der Waals surface area contributed by atoms with Crippen LogP contribution in [-0.4, -0.2) is 16.0 Å². The Kier molecular flexibility index (Phi) is 3.84. The van der Waals surface area contributed by atoms with Crippen LogP contribution in [0, 0.1) is 6.92 Å². The van der Waals surface area contributed by atoms with Gasteiger partial charge in [-0.25, -0.2) is 0 Å². The lowest BCUT2D eigenvalue weighted by Gasteiger charge is -2.11. The highest BCUT2D eigenvalue weighted by Gasteiger charge is 2.11. The van der Waals surface area contributed by atoms with Crippen molar-refractivity contribution in [1.82, 2.24) is 10.3 Å². The van der Waals surface area contributed by atoms with E-state index in [9.17, 15) is 4.79 Å². The molecule has 6 heteroatoms. The highest BCUT2D eigenvalue weighted by atomic mass is 32.1. The number of hydrogen-bond acceptors (Lipinski definition) is 4. The monoisotopic (exact) mass is 311 g/mol. The molecule has 0 aliphatic heterocycles. The lowest BCUT2D eigenvalue weighted by molar-refractivity contribution is 0.0950. The first-order chi connectivity index (χ1) is 10.6. The molecule has 1 amide bonds. The topological polar surface area (TPSA) is 67.2 Å². The van der Waals surface area contributed by atoms with Crippen LogP contribution >= 0.6 is 12.2 Å². The van der Waals surface area contributed by atoms with Gasteiger partial charge in [-0.2, -0.15) is 0 Å². The van der Waals surface area contributed by atoms with Crippen molar-refractivity contribution in [1.29, 1.82) is 0 Å². The predicted molar refractivity (Wildman–Crippen MR) is 88.9 cm³/mol. The zero-order chi connectivity index (χ0) is 15.5. The van der Waals surface area contributed by atoms with Gasteiger partial charge in [0.1, 0.15) is 0 Å². The molecule has 22 heavy (non-hydrogen) atoms. The number of para-hydroxylation sites is 1. The highest BCUT2D eigenvalue weighted by Crippen LogP contribution is 2.21. The Balaban J connectivity index is 1.79. The van der Waals surface area contributed by atoms with E-state index in [4.69, 9.17) is 16.6 Å². The number of fused-ring (bicyclic) bond motifs is 1. The second-order valence-electron chi connectivity index (χ2n) is 4.72. The minimum Gasteiger partial charge on any atom is -0.459 e. The lowest BCUT2D eigenvalue weighted by Crippen LogP contribution is -2.33. The number of thiocarbonyl (C=S) groups is 1. The second kappa shape index (κ2) is 5.95. The number of anilines is 1. The summed E-state index contributed by atoms with van der Waals surface area (Å²) in [5.41, 5.74) is 2.45. The van der Waals surface area contributed by atoms with E-state index in [0.717, 1.165) is 22.3 Å². The number of amides is 1. The standard InChI is InChI=1S/C16H13N3O2S/c1-10-7-8-11-4-2-5-12(14(11)17-10)18-16(22)19-15(20)13-6-3-9-21-13/h2-9H,1H3,(H2,18,19,20,22). The highest BCUT2D eigenvalue weighted by molar-refractivity contribution is 7.80. The molecule has 5 nitrogen and oxygen atoms in total. The molecule has 1 aromatic carbocycles. The van der Waals surface area contributed by atoms with Gasteiger partial charge >= 0.3 is 0 Å². The van der Waals surface area contributed by atoms with Gasteiger partial charge in [-0.3, -0.25) is 15.1 Å². The van der Waals surface area contributed by atoms with E-state index in [1.54, 1.807) is 12.1 Å². The van der Waals surface area contributed by atoms with Crippen LogP contribution in [0.15, 0.2) is 53.1 Å². The Morgan fingerprint density at radius 1 is 1.18 bits per heavy atom. The molecule has 3 rings (SSSR count). The molecule has 2 N–H and O–H groups in total. The van der Waals surface area contributed by atoms with Gasteiger partial charge in [-0.05, 0) is 43.4 Å². The van der Waals surface area contributed by atoms with Crippen LogP contribution in [-0.2, 0) is 0 Å². The Morgan fingerprint density at radius 3 is 2.82 bits per heavy atom. The number of carbonyl (C=O) groups is 1. The first-order valence-corrected chi connectivity index (χ1v) is 7.06. The quantitative estimate of drug-likeness (QED) is 0.711. The van der Waals surface area contributed by atoms with Gasteiger partial charge in [-0.15, -0.1) is 0 Å². The fourth-order valence-corrected chi connectivity index (χ4v) is 2.27. The Bertz CT molecular complexity index is 844.